The SMILES string of the molecule is Cl.c1cc(N2CCCCC2)ccc1-c1noc(-c2ccn(C3CCCNC3)n2)n1. The van der Waals surface area contributed by atoms with Crippen molar-refractivity contribution < 1.29 is 4.52 Å². The van der Waals surface area contributed by atoms with Gasteiger partial charge in [0.15, 0.2) is 5.69 Å². The van der Waals surface area contributed by atoms with Crippen LogP contribution in [0.1, 0.15) is 38.1 Å². The summed E-state index contributed by atoms with van der Waals surface area (Å²) in [5.74, 6) is 1.08. The van der Waals surface area contributed by atoms with E-state index in [1.165, 1.54) is 31.4 Å². The quantitative estimate of drug-likeness (QED) is 0.697. The van der Waals surface area contributed by atoms with Gasteiger partial charge in [-0.15, -0.1) is 12.4 Å². The Labute approximate surface area is 176 Å². The molecule has 1 N–H and O–H groups in total. The van der Waals surface area contributed by atoms with Gasteiger partial charge in [0.25, 0.3) is 5.89 Å². The summed E-state index contributed by atoms with van der Waals surface area (Å²) in [6, 6.07) is 10.8. The van der Waals surface area contributed by atoms with Crippen molar-refractivity contribution in [3.05, 3.63) is 36.5 Å². The molecule has 7 nitrogen and oxygen atoms in total. The zero-order chi connectivity index (χ0) is 18.8. The van der Waals surface area contributed by atoms with Crippen LogP contribution < -0.4 is 10.2 Å². The molecule has 3 aromatic rings. The highest BCUT2D eigenvalue weighted by molar-refractivity contribution is 5.85. The number of rotatable bonds is 4. The van der Waals surface area contributed by atoms with Crippen LogP contribution in [-0.2, 0) is 0 Å². The summed E-state index contributed by atoms with van der Waals surface area (Å²) in [5.41, 5.74) is 2.97. The van der Waals surface area contributed by atoms with E-state index in [0.717, 1.165) is 43.9 Å². The predicted molar refractivity (Wildman–Crippen MR) is 115 cm³/mol. The second-order valence-electron chi connectivity index (χ2n) is 7.70. The fraction of sp³-hybridized carbons (Fsp3) is 0.476. The molecule has 4 heterocycles. The number of anilines is 1. The number of benzene rings is 1. The third-order valence-corrected chi connectivity index (χ3v) is 5.75. The summed E-state index contributed by atoms with van der Waals surface area (Å²) < 4.78 is 7.50. The molecule has 1 unspecified atom stereocenters. The lowest BCUT2D eigenvalue weighted by atomic mass is 10.1. The van der Waals surface area contributed by atoms with Gasteiger partial charge in [-0.3, -0.25) is 4.68 Å². The zero-order valence-electron chi connectivity index (χ0n) is 16.5. The molecule has 0 radical (unpaired) electrons. The molecular formula is C21H27ClN6O. The molecule has 0 saturated carbocycles. The Kier molecular flexibility index (Phi) is 6.16. The number of piperidine rings is 2. The zero-order valence-corrected chi connectivity index (χ0v) is 17.3. The van der Waals surface area contributed by atoms with Crippen LogP contribution in [0.15, 0.2) is 41.1 Å². The predicted octanol–water partition coefficient (Wildman–Crippen LogP) is 3.94. The van der Waals surface area contributed by atoms with Crippen molar-refractivity contribution in [2.75, 3.05) is 31.1 Å². The van der Waals surface area contributed by atoms with Crippen molar-refractivity contribution in [2.24, 2.45) is 0 Å². The molecule has 2 saturated heterocycles. The molecular weight excluding hydrogens is 388 g/mol. The fourth-order valence-electron chi connectivity index (χ4n) is 4.13. The topological polar surface area (TPSA) is 72.0 Å². The Morgan fingerprint density at radius 3 is 2.59 bits per heavy atom. The summed E-state index contributed by atoms with van der Waals surface area (Å²) in [6.45, 7) is 4.34. The lowest BCUT2D eigenvalue weighted by Crippen LogP contribution is -2.31. The number of nitrogens with zero attached hydrogens (tertiary/aromatic N) is 5. The van der Waals surface area contributed by atoms with Gasteiger partial charge in [-0.05, 0) is 69.0 Å². The molecule has 2 aromatic heterocycles. The maximum absolute atomic E-state index is 5.49. The van der Waals surface area contributed by atoms with Gasteiger partial charge in [-0.25, -0.2) is 0 Å². The number of hydrogen-bond donors (Lipinski definition) is 1. The fourth-order valence-corrected chi connectivity index (χ4v) is 4.13. The van der Waals surface area contributed by atoms with Crippen LogP contribution in [0.2, 0.25) is 0 Å². The van der Waals surface area contributed by atoms with Gasteiger partial charge in [0, 0.05) is 37.1 Å². The Balaban J connectivity index is 0.00000205. The van der Waals surface area contributed by atoms with Crippen molar-refractivity contribution in [2.45, 2.75) is 38.1 Å². The lowest BCUT2D eigenvalue weighted by molar-refractivity contribution is 0.346. The maximum Gasteiger partial charge on any atom is 0.278 e. The molecule has 5 rings (SSSR count). The van der Waals surface area contributed by atoms with Gasteiger partial charge < -0.3 is 14.7 Å². The molecule has 0 amide bonds. The molecule has 1 aromatic carbocycles. The van der Waals surface area contributed by atoms with Gasteiger partial charge in [-0.1, -0.05) is 5.16 Å². The highest BCUT2D eigenvalue weighted by Gasteiger charge is 2.19. The van der Waals surface area contributed by atoms with Crippen LogP contribution in [0, 0.1) is 0 Å². The summed E-state index contributed by atoms with van der Waals surface area (Å²) in [5, 5.41) is 12.2. The molecule has 1 atom stereocenters. The minimum absolute atomic E-state index is 0. The molecule has 154 valence electrons. The second-order valence-corrected chi connectivity index (χ2v) is 7.70. The number of halogens is 1. The molecule has 8 heteroatoms. The van der Waals surface area contributed by atoms with Gasteiger partial charge in [0.2, 0.25) is 5.82 Å². The Bertz CT molecular complexity index is 909. The van der Waals surface area contributed by atoms with Crippen LogP contribution in [0.3, 0.4) is 0 Å². The van der Waals surface area contributed by atoms with Gasteiger partial charge in [0.1, 0.15) is 0 Å². The van der Waals surface area contributed by atoms with Crippen LogP contribution >= 0.6 is 12.4 Å². The van der Waals surface area contributed by atoms with Crippen molar-refractivity contribution >= 4 is 18.1 Å². The van der Waals surface area contributed by atoms with E-state index < -0.39 is 0 Å². The van der Waals surface area contributed by atoms with Gasteiger partial charge in [0.05, 0.1) is 6.04 Å². The normalized spacial score (nSPS) is 19.7. The summed E-state index contributed by atoms with van der Waals surface area (Å²) >= 11 is 0. The Hall–Kier alpha value is -2.38. The first kappa shape index (κ1) is 19.9. The molecule has 29 heavy (non-hydrogen) atoms. The van der Waals surface area contributed by atoms with E-state index >= 15 is 0 Å². The highest BCUT2D eigenvalue weighted by Crippen LogP contribution is 2.26. The minimum atomic E-state index is 0. The van der Waals surface area contributed by atoms with Crippen molar-refractivity contribution in [1.29, 1.82) is 0 Å². The first-order valence-electron chi connectivity index (χ1n) is 10.3. The monoisotopic (exact) mass is 414 g/mol. The van der Waals surface area contributed by atoms with E-state index in [0.29, 0.717) is 17.8 Å². The average Bonchev–Trinajstić information content (AvgIpc) is 3.45. The first-order chi connectivity index (χ1) is 13.9. The molecule has 0 aliphatic carbocycles. The summed E-state index contributed by atoms with van der Waals surface area (Å²) in [6.07, 6.45) is 8.22. The Morgan fingerprint density at radius 2 is 1.83 bits per heavy atom. The molecule has 0 spiro atoms. The third-order valence-electron chi connectivity index (χ3n) is 5.75. The number of hydrogen-bond acceptors (Lipinski definition) is 6. The van der Waals surface area contributed by atoms with Crippen LogP contribution in [0.25, 0.3) is 23.0 Å². The smallest absolute Gasteiger partial charge is 0.278 e. The minimum Gasteiger partial charge on any atom is -0.372 e. The second kappa shape index (κ2) is 8.97. The van der Waals surface area contributed by atoms with E-state index in [1.807, 2.05) is 16.9 Å². The van der Waals surface area contributed by atoms with E-state index in [2.05, 4.69) is 49.7 Å². The first-order valence-corrected chi connectivity index (χ1v) is 10.3. The van der Waals surface area contributed by atoms with E-state index in [4.69, 9.17) is 4.52 Å². The summed E-state index contributed by atoms with van der Waals surface area (Å²) in [7, 11) is 0. The molecule has 2 aliphatic heterocycles. The van der Waals surface area contributed by atoms with E-state index in [9.17, 15) is 0 Å². The van der Waals surface area contributed by atoms with Crippen LogP contribution in [-0.4, -0.2) is 46.1 Å². The number of aromatic nitrogens is 4. The lowest BCUT2D eigenvalue weighted by Gasteiger charge is -2.28. The Morgan fingerprint density at radius 1 is 1.00 bits per heavy atom. The van der Waals surface area contributed by atoms with Crippen molar-refractivity contribution in [3.63, 3.8) is 0 Å². The van der Waals surface area contributed by atoms with Crippen molar-refractivity contribution in [1.82, 2.24) is 25.2 Å². The van der Waals surface area contributed by atoms with Crippen molar-refractivity contribution in [3.8, 4) is 23.0 Å². The van der Waals surface area contributed by atoms with Crippen LogP contribution in [0.4, 0.5) is 5.69 Å². The van der Waals surface area contributed by atoms with Gasteiger partial charge >= 0.3 is 0 Å². The average molecular weight is 415 g/mol. The van der Waals surface area contributed by atoms with E-state index in [-0.39, 0.29) is 12.4 Å². The molecule has 0 bridgehead atoms. The van der Waals surface area contributed by atoms with Gasteiger partial charge in [-0.2, -0.15) is 10.1 Å². The molecule has 2 fully saturated rings. The highest BCUT2D eigenvalue weighted by atomic mass is 35.5. The van der Waals surface area contributed by atoms with Crippen LogP contribution in [0.5, 0.6) is 0 Å². The third kappa shape index (κ3) is 4.31. The summed E-state index contributed by atoms with van der Waals surface area (Å²) in [4.78, 5) is 7.01. The van der Waals surface area contributed by atoms with E-state index in [1.54, 1.807) is 0 Å². The standard InChI is InChI=1S/C21H26N6O.ClH/c1-2-12-26(13-3-1)17-8-6-16(7-9-17)20-23-21(28-25-20)19-10-14-27(24-19)18-5-4-11-22-15-18;/h6-10,14,18,22H,1-5,11-13,15H2;1H. The number of nitrogens with one attached hydrogen (secondary N) is 1. The largest absolute Gasteiger partial charge is 0.372 e. The molecule has 2 aliphatic rings. The maximum atomic E-state index is 5.49.